The molecule has 3 heterocycles. The van der Waals surface area contributed by atoms with Gasteiger partial charge in [-0.3, -0.25) is 4.79 Å². The highest BCUT2D eigenvalue weighted by Gasteiger charge is 2.36. The average molecular weight is 405 g/mol. The van der Waals surface area contributed by atoms with E-state index in [-0.39, 0.29) is 29.5 Å². The SMILES string of the molecule is C[C@@H]1Cc2ccccc2N1CC(=O)N(Cc1cccs1)[C@H]1CCS(=O)(=O)C1. The van der Waals surface area contributed by atoms with Crippen LogP contribution in [0.25, 0.3) is 0 Å². The van der Waals surface area contributed by atoms with E-state index < -0.39 is 9.84 Å². The predicted molar refractivity (Wildman–Crippen MR) is 109 cm³/mol. The van der Waals surface area contributed by atoms with Gasteiger partial charge < -0.3 is 9.80 Å². The molecule has 0 aliphatic carbocycles. The molecule has 5 nitrogen and oxygen atoms in total. The maximum Gasteiger partial charge on any atom is 0.242 e. The van der Waals surface area contributed by atoms with E-state index in [9.17, 15) is 13.2 Å². The number of benzene rings is 1. The lowest BCUT2D eigenvalue weighted by molar-refractivity contribution is -0.132. The predicted octanol–water partition coefficient (Wildman–Crippen LogP) is 2.72. The lowest BCUT2D eigenvalue weighted by atomic mass is 10.1. The van der Waals surface area contributed by atoms with Crippen molar-refractivity contribution in [3.05, 3.63) is 52.2 Å². The molecular weight excluding hydrogens is 380 g/mol. The Morgan fingerprint density at radius 3 is 2.78 bits per heavy atom. The second-order valence-corrected chi connectivity index (χ2v) is 10.7. The number of thiophene rings is 1. The summed E-state index contributed by atoms with van der Waals surface area (Å²) in [6.45, 7) is 2.91. The zero-order chi connectivity index (χ0) is 19.0. The highest BCUT2D eigenvalue weighted by molar-refractivity contribution is 7.91. The van der Waals surface area contributed by atoms with Crippen LogP contribution in [-0.4, -0.2) is 49.4 Å². The summed E-state index contributed by atoms with van der Waals surface area (Å²) < 4.78 is 24.0. The fraction of sp³-hybridized carbons (Fsp3) is 0.450. The normalized spacial score (nSPS) is 23.4. The molecule has 1 fully saturated rings. The molecule has 2 atom stereocenters. The van der Waals surface area contributed by atoms with Crippen molar-refractivity contribution in [1.29, 1.82) is 0 Å². The van der Waals surface area contributed by atoms with Crippen molar-refractivity contribution in [2.45, 2.75) is 38.4 Å². The molecule has 0 N–H and O–H groups in total. The third-order valence-corrected chi connectivity index (χ3v) is 8.14. The number of rotatable bonds is 5. The highest BCUT2D eigenvalue weighted by atomic mass is 32.2. The van der Waals surface area contributed by atoms with Gasteiger partial charge in [-0.05, 0) is 42.8 Å². The standard InChI is InChI=1S/C20H24N2O3S2/c1-15-11-16-5-2-3-7-19(16)21(15)13-20(23)22(12-18-6-4-9-26-18)17-8-10-27(24,25)14-17/h2-7,9,15,17H,8,10-14H2,1H3/t15-,17+/m1/s1. The Balaban J connectivity index is 1.55. The quantitative estimate of drug-likeness (QED) is 0.769. The first-order valence-corrected chi connectivity index (χ1v) is 12.0. The van der Waals surface area contributed by atoms with Crippen LogP contribution in [0.4, 0.5) is 5.69 Å². The Kier molecular flexibility index (Phi) is 4.99. The first-order chi connectivity index (χ1) is 12.9. The first kappa shape index (κ1) is 18.5. The zero-order valence-electron chi connectivity index (χ0n) is 15.4. The summed E-state index contributed by atoms with van der Waals surface area (Å²) in [5.41, 5.74) is 2.39. The Morgan fingerprint density at radius 2 is 2.07 bits per heavy atom. The zero-order valence-corrected chi connectivity index (χ0v) is 17.0. The number of carbonyl (C=O) groups excluding carboxylic acids is 1. The third-order valence-electron chi connectivity index (χ3n) is 5.53. The van der Waals surface area contributed by atoms with Crippen molar-refractivity contribution in [3.8, 4) is 0 Å². The maximum atomic E-state index is 13.3. The smallest absolute Gasteiger partial charge is 0.242 e. The van der Waals surface area contributed by atoms with Gasteiger partial charge in [0.2, 0.25) is 5.91 Å². The van der Waals surface area contributed by atoms with Crippen LogP contribution in [-0.2, 0) is 27.6 Å². The summed E-state index contributed by atoms with van der Waals surface area (Å²) >= 11 is 1.60. The van der Waals surface area contributed by atoms with Gasteiger partial charge in [-0.2, -0.15) is 0 Å². The molecule has 2 aliphatic heterocycles. The Morgan fingerprint density at radius 1 is 1.26 bits per heavy atom. The molecular formula is C20H24N2O3S2. The molecule has 1 aromatic carbocycles. The molecule has 1 amide bonds. The van der Waals surface area contributed by atoms with E-state index in [1.165, 1.54) is 5.56 Å². The van der Waals surface area contributed by atoms with Gasteiger partial charge in [-0.1, -0.05) is 24.3 Å². The number of nitrogens with zero attached hydrogens (tertiary/aromatic N) is 2. The highest BCUT2D eigenvalue weighted by Crippen LogP contribution is 2.32. The number of amides is 1. The van der Waals surface area contributed by atoms with Crippen molar-refractivity contribution < 1.29 is 13.2 Å². The van der Waals surface area contributed by atoms with Gasteiger partial charge in [-0.15, -0.1) is 11.3 Å². The van der Waals surface area contributed by atoms with Crippen LogP contribution < -0.4 is 4.90 Å². The van der Waals surface area contributed by atoms with Crippen LogP contribution in [0.2, 0.25) is 0 Å². The molecule has 0 radical (unpaired) electrons. The van der Waals surface area contributed by atoms with Gasteiger partial charge in [0.25, 0.3) is 0 Å². The number of carbonyl (C=O) groups is 1. The van der Waals surface area contributed by atoms with Gasteiger partial charge in [0.15, 0.2) is 9.84 Å². The van der Waals surface area contributed by atoms with E-state index in [2.05, 4.69) is 24.0 Å². The van der Waals surface area contributed by atoms with E-state index in [4.69, 9.17) is 0 Å². The molecule has 144 valence electrons. The van der Waals surface area contributed by atoms with Gasteiger partial charge in [0.05, 0.1) is 24.6 Å². The van der Waals surface area contributed by atoms with Crippen molar-refractivity contribution in [3.63, 3.8) is 0 Å². The molecule has 2 aromatic rings. The van der Waals surface area contributed by atoms with Crippen LogP contribution in [0.15, 0.2) is 41.8 Å². The summed E-state index contributed by atoms with van der Waals surface area (Å²) in [4.78, 5) is 18.3. The third kappa shape index (κ3) is 3.89. The van der Waals surface area contributed by atoms with Gasteiger partial charge in [-0.25, -0.2) is 8.42 Å². The molecule has 1 saturated heterocycles. The number of anilines is 1. The molecule has 7 heteroatoms. The Bertz CT molecular complexity index is 924. The van der Waals surface area contributed by atoms with E-state index in [1.807, 2.05) is 29.6 Å². The molecule has 1 aromatic heterocycles. The fourth-order valence-electron chi connectivity index (χ4n) is 4.12. The molecule has 0 unspecified atom stereocenters. The van der Waals surface area contributed by atoms with E-state index in [0.717, 1.165) is 17.0 Å². The minimum absolute atomic E-state index is 0.00838. The van der Waals surface area contributed by atoms with Gasteiger partial charge in [0, 0.05) is 22.6 Å². The second-order valence-electron chi connectivity index (χ2n) is 7.47. The number of hydrogen-bond acceptors (Lipinski definition) is 5. The van der Waals surface area contributed by atoms with Crippen molar-refractivity contribution >= 4 is 32.8 Å². The van der Waals surface area contributed by atoms with Crippen LogP contribution in [0.1, 0.15) is 23.8 Å². The Hall–Kier alpha value is -1.86. The van der Waals surface area contributed by atoms with Crippen molar-refractivity contribution in [2.75, 3.05) is 23.0 Å². The first-order valence-electron chi connectivity index (χ1n) is 9.30. The summed E-state index contributed by atoms with van der Waals surface area (Å²) in [6.07, 6.45) is 1.47. The monoisotopic (exact) mass is 404 g/mol. The van der Waals surface area contributed by atoms with Crippen molar-refractivity contribution in [2.24, 2.45) is 0 Å². The lowest BCUT2D eigenvalue weighted by Crippen LogP contribution is -2.47. The number of sulfone groups is 1. The van der Waals surface area contributed by atoms with Crippen LogP contribution in [0.5, 0.6) is 0 Å². The van der Waals surface area contributed by atoms with Gasteiger partial charge in [0.1, 0.15) is 0 Å². The van der Waals surface area contributed by atoms with Gasteiger partial charge >= 0.3 is 0 Å². The largest absolute Gasteiger partial charge is 0.359 e. The average Bonchev–Trinajstić information content (AvgIpc) is 3.33. The van der Waals surface area contributed by atoms with Crippen molar-refractivity contribution in [1.82, 2.24) is 4.90 Å². The molecule has 0 spiro atoms. The minimum atomic E-state index is -3.04. The summed E-state index contributed by atoms with van der Waals surface area (Å²) in [5, 5.41) is 1.99. The molecule has 0 bridgehead atoms. The number of para-hydroxylation sites is 1. The van der Waals surface area contributed by atoms with Crippen LogP contribution >= 0.6 is 11.3 Å². The minimum Gasteiger partial charge on any atom is -0.359 e. The summed E-state index contributed by atoms with van der Waals surface area (Å²) in [7, 11) is -3.04. The molecule has 27 heavy (non-hydrogen) atoms. The number of hydrogen-bond donors (Lipinski definition) is 0. The molecule has 2 aliphatic rings. The molecule has 4 rings (SSSR count). The lowest BCUT2D eigenvalue weighted by Gasteiger charge is -2.32. The van der Waals surface area contributed by atoms with E-state index >= 15 is 0 Å². The number of fused-ring (bicyclic) bond motifs is 1. The topological polar surface area (TPSA) is 57.7 Å². The van der Waals surface area contributed by atoms with E-state index in [1.54, 1.807) is 16.2 Å². The summed E-state index contributed by atoms with van der Waals surface area (Å²) in [5.74, 6) is 0.263. The van der Waals surface area contributed by atoms with Crippen LogP contribution in [0.3, 0.4) is 0 Å². The maximum absolute atomic E-state index is 13.3. The fourth-order valence-corrected chi connectivity index (χ4v) is 6.55. The van der Waals surface area contributed by atoms with Crippen LogP contribution in [0, 0.1) is 0 Å². The molecule has 0 saturated carbocycles. The summed E-state index contributed by atoms with van der Waals surface area (Å²) in [6, 6.07) is 12.2. The van der Waals surface area contributed by atoms with E-state index in [0.29, 0.717) is 19.5 Å². The second kappa shape index (κ2) is 7.28. The Labute approximate surface area is 164 Å².